The molecule has 0 saturated heterocycles. The molecule has 8 heteroatoms. The van der Waals surface area contributed by atoms with Crippen LogP contribution in [0.25, 0.3) is 27.4 Å². The highest BCUT2D eigenvalue weighted by Gasteiger charge is 2.15. The van der Waals surface area contributed by atoms with Gasteiger partial charge in [0, 0.05) is 16.4 Å². The van der Waals surface area contributed by atoms with Crippen LogP contribution < -0.4 is 0 Å². The van der Waals surface area contributed by atoms with E-state index < -0.39 is 0 Å². The highest BCUT2D eigenvalue weighted by molar-refractivity contribution is 9.10. The zero-order valence-electron chi connectivity index (χ0n) is 11.4. The van der Waals surface area contributed by atoms with Gasteiger partial charge in [0.2, 0.25) is 0 Å². The Morgan fingerprint density at radius 3 is 2.95 bits per heavy atom. The number of halogens is 1. The van der Waals surface area contributed by atoms with E-state index in [-0.39, 0.29) is 0 Å². The van der Waals surface area contributed by atoms with Crippen LogP contribution in [0.15, 0.2) is 23.1 Å². The Balaban J connectivity index is 1.95. The lowest BCUT2D eigenvalue weighted by Gasteiger charge is -1.93. The first kappa shape index (κ1) is 12.9. The average Bonchev–Trinajstić information content (AvgIpc) is 3.15. The lowest BCUT2D eigenvalue weighted by molar-refractivity contribution is 0.783. The number of nitrogens with zero attached hydrogens (tertiary/aromatic N) is 6. The predicted octanol–water partition coefficient (Wildman–Crippen LogP) is 3.06. The number of hydrogen-bond donors (Lipinski definition) is 0. The quantitative estimate of drug-likeness (QED) is 0.549. The van der Waals surface area contributed by atoms with Crippen molar-refractivity contribution in [3.05, 3.63) is 27.9 Å². The highest BCUT2D eigenvalue weighted by atomic mass is 79.9. The molecule has 0 unspecified atom stereocenters. The normalized spacial score (nSPS) is 11.8. The zero-order chi connectivity index (χ0) is 14.6. The summed E-state index contributed by atoms with van der Waals surface area (Å²) < 4.78 is 4.56. The molecule has 0 amide bonds. The minimum Gasteiger partial charge on any atom is -0.250 e. The summed E-state index contributed by atoms with van der Waals surface area (Å²) in [6.45, 7) is 2.14. The first-order chi connectivity index (χ1) is 10.2. The Morgan fingerprint density at radius 2 is 2.19 bits per heavy atom. The third-order valence-corrected chi connectivity index (χ3v) is 5.61. The SMILES string of the molecule is CCc1sc(-c2nc3c4cnn(C)c4ncn3n2)cc1Br. The monoisotopic (exact) mass is 362 g/mol. The molecular weight excluding hydrogens is 352 g/mol. The van der Waals surface area contributed by atoms with Crippen LogP contribution in [-0.2, 0) is 13.5 Å². The second kappa shape index (κ2) is 4.60. The van der Waals surface area contributed by atoms with Crippen molar-refractivity contribution in [1.82, 2.24) is 29.4 Å². The number of hydrogen-bond acceptors (Lipinski definition) is 5. The summed E-state index contributed by atoms with van der Waals surface area (Å²) in [6.07, 6.45) is 4.45. The molecule has 6 nitrogen and oxygen atoms in total. The predicted molar refractivity (Wildman–Crippen MR) is 85.4 cm³/mol. The van der Waals surface area contributed by atoms with Crippen LogP contribution in [0.2, 0.25) is 0 Å². The van der Waals surface area contributed by atoms with Crippen molar-refractivity contribution in [2.45, 2.75) is 13.3 Å². The summed E-state index contributed by atoms with van der Waals surface area (Å²) >= 11 is 5.30. The third-order valence-electron chi connectivity index (χ3n) is 3.37. The summed E-state index contributed by atoms with van der Waals surface area (Å²) in [5, 5.41) is 9.66. The van der Waals surface area contributed by atoms with Crippen LogP contribution in [0.5, 0.6) is 0 Å². The highest BCUT2D eigenvalue weighted by Crippen LogP contribution is 2.34. The summed E-state index contributed by atoms with van der Waals surface area (Å²) in [6, 6.07) is 2.08. The van der Waals surface area contributed by atoms with E-state index in [9.17, 15) is 0 Å². The topological polar surface area (TPSA) is 60.9 Å². The summed E-state index contributed by atoms with van der Waals surface area (Å²) in [5.41, 5.74) is 1.59. The molecule has 0 N–H and O–H groups in total. The fourth-order valence-electron chi connectivity index (χ4n) is 2.30. The van der Waals surface area contributed by atoms with Crippen molar-refractivity contribution < 1.29 is 0 Å². The Labute approximate surface area is 132 Å². The van der Waals surface area contributed by atoms with E-state index in [1.165, 1.54) is 4.88 Å². The van der Waals surface area contributed by atoms with E-state index >= 15 is 0 Å². The molecule has 4 heterocycles. The van der Waals surface area contributed by atoms with Crippen molar-refractivity contribution >= 4 is 43.9 Å². The molecule has 0 atom stereocenters. The van der Waals surface area contributed by atoms with Gasteiger partial charge in [0.25, 0.3) is 0 Å². The molecule has 0 radical (unpaired) electrons. The molecule has 4 rings (SSSR count). The summed E-state index contributed by atoms with van der Waals surface area (Å²) in [7, 11) is 1.87. The zero-order valence-corrected chi connectivity index (χ0v) is 13.8. The molecule has 21 heavy (non-hydrogen) atoms. The van der Waals surface area contributed by atoms with E-state index in [1.807, 2.05) is 7.05 Å². The number of aromatic nitrogens is 6. The van der Waals surface area contributed by atoms with Crippen LogP contribution in [-0.4, -0.2) is 29.4 Å². The Bertz CT molecular complexity index is 966. The molecular formula is C13H11BrN6S. The Kier molecular flexibility index (Phi) is 2.83. The van der Waals surface area contributed by atoms with E-state index in [4.69, 9.17) is 0 Å². The molecule has 0 aliphatic carbocycles. The third kappa shape index (κ3) is 1.90. The van der Waals surface area contributed by atoms with Crippen LogP contribution in [0.3, 0.4) is 0 Å². The first-order valence-corrected chi connectivity index (χ1v) is 8.10. The van der Waals surface area contributed by atoms with E-state index in [1.54, 1.807) is 33.1 Å². The Hall–Kier alpha value is -1.80. The average molecular weight is 363 g/mol. The van der Waals surface area contributed by atoms with Crippen molar-refractivity contribution in [3.8, 4) is 10.7 Å². The molecule has 0 spiro atoms. The van der Waals surface area contributed by atoms with Crippen LogP contribution in [0, 0.1) is 0 Å². The molecule has 0 bridgehead atoms. The van der Waals surface area contributed by atoms with Gasteiger partial charge < -0.3 is 0 Å². The fraction of sp³-hybridized carbons (Fsp3) is 0.231. The molecule has 106 valence electrons. The van der Waals surface area contributed by atoms with Gasteiger partial charge in [0.1, 0.15) is 6.33 Å². The van der Waals surface area contributed by atoms with Gasteiger partial charge in [0.05, 0.1) is 16.5 Å². The molecule has 0 saturated carbocycles. The summed E-state index contributed by atoms with van der Waals surface area (Å²) in [5.74, 6) is 0.721. The standard InChI is InChI=1S/C13H11BrN6S/c1-3-9-8(14)4-10(21-9)11-17-13-7-5-16-19(2)12(7)15-6-20(13)18-11/h4-6H,3H2,1-2H3. The molecule has 0 aromatic carbocycles. The van der Waals surface area contributed by atoms with E-state index in [0.29, 0.717) is 0 Å². The van der Waals surface area contributed by atoms with Crippen LogP contribution in [0.1, 0.15) is 11.8 Å². The van der Waals surface area contributed by atoms with Crippen LogP contribution in [0.4, 0.5) is 0 Å². The van der Waals surface area contributed by atoms with Gasteiger partial charge in [-0.05, 0) is 28.4 Å². The first-order valence-electron chi connectivity index (χ1n) is 6.49. The largest absolute Gasteiger partial charge is 0.250 e. The molecule has 0 aliphatic rings. The molecule has 0 aliphatic heterocycles. The van der Waals surface area contributed by atoms with E-state index in [2.05, 4.69) is 49.1 Å². The molecule has 4 aromatic heterocycles. The molecule has 0 fully saturated rings. The van der Waals surface area contributed by atoms with Gasteiger partial charge in [-0.25, -0.2) is 14.5 Å². The number of aryl methyl sites for hydroxylation is 2. The second-order valence-corrected chi connectivity index (χ2v) is 6.68. The maximum atomic E-state index is 4.66. The fourth-order valence-corrected chi connectivity index (χ4v) is 4.13. The van der Waals surface area contributed by atoms with Gasteiger partial charge in [-0.3, -0.25) is 4.68 Å². The van der Waals surface area contributed by atoms with E-state index in [0.717, 1.165) is 38.3 Å². The lowest BCUT2D eigenvalue weighted by Crippen LogP contribution is -1.94. The minimum absolute atomic E-state index is 0.721. The Morgan fingerprint density at radius 1 is 1.33 bits per heavy atom. The number of rotatable bonds is 2. The summed E-state index contributed by atoms with van der Waals surface area (Å²) in [4.78, 5) is 11.4. The van der Waals surface area contributed by atoms with Gasteiger partial charge in [-0.2, -0.15) is 5.10 Å². The lowest BCUT2D eigenvalue weighted by atomic mass is 10.3. The van der Waals surface area contributed by atoms with Crippen molar-refractivity contribution in [2.75, 3.05) is 0 Å². The second-order valence-electron chi connectivity index (χ2n) is 4.69. The van der Waals surface area contributed by atoms with Crippen molar-refractivity contribution in [3.63, 3.8) is 0 Å². The van der Waals surface area contributed by atoms with Gasteiger partial charge in [-0.1, -0.05) is 6.92 Å². The van der Waals surface area contributed by atoms with Gasteiger partial charge in [-0.15, -0.1) is 16.4 Å². The number of thiophene rings is 1. The number of fused-ring (bicyclic) bond motifs is 3. The van der Waals surface area contributed by atoms with Crippen molar-refractivity contribution in [2.24, 2.45) is 7.05 Å². The van der Waals surface area contributed by atoms with Gasteiger partial charge in [0.15, 0.2) is 17.1 Å². The maximum absolute atomic E-state index is 4.66. The molecule has 4 aromatic rings. The van der Waals surface area contributed by atoms with Crippen molar-refractivity contribution in [1.29, 1.82) is 0 Å². The van der Waals surface area contributed by atoms with Crippen LogP contribution >= 0.6 is 27.3 Å². The van der Waals surface area contributed by atoms with Gasteiger partial charge >= 0.3 is 0 Å². The minimum atomic E-state index is 0.721. The smallest absolute Gasteiger partial charge is 0.192 e. The maximum Gasteiger partial charge on any atom is 0.192 e.